The van der Waals surface area contributed by atoms with E-state index < -0.39 is 11.8 Å². The number of carbonyl (C=O) groups is 3. The zero-order valence-electron chi connectivity index (χ0n) is 13.8. The van der Waals surface area contributed by atoms with E-state index in [4.69, 9.17) is 4.74 Å². The number of hydrogen-bond acceptors (Lipinski definition) is 5. The van der Waals surface area contributed by atoms with Crippen LogP contribution in [0.2, 0.25) is 0 Å². The van der Waals surface area contributed by atoms with E-state index in [2.05, 4.69) is 0 Å². The molecule has 7 heteroatoms. The Morgan fingerprint density at radius 1 is 1.12 bits per heavy atom. The molecule has 1 aliphatic heterocycles. The minimum Gasteiger partial charge on any atom is -0.383 e. The smallest absolute Gasteiger partial charge is 0.262 e. The summed E-state index contributed by atoms with van der Waals surface area (Å²) < 4.78 is 5.07. The molecule has 1 aromatic carbocycles. The summed E-state index contributed by atoms with van der Waals surface area (Å²) in [7, 11) is 1.57. The Labute approximate surface area is 149 Å². The van der Waals surface area contributed by atoms with Gasteiger partial charge in [0.2, 0.25) is 5.91 Å². The molecule has 0 unspecified atom stereocenters. The van der Waals surface area contributed by atoms with E-state index in [1.54, 1.807) is 47.6 Å². The molecule has 0 atom stereocenters. The van der Waals surface area contributed by atoms with Gasteiger partial charge in [-0.1, -0.05) is 18.2 Å². The van der Waals surface area contributed by atoms with E-state index in [1.165, 1.54) is 0 Å². The van der Waals surface area contributed by atoms with Gasteiger partial charge in [-0.05, 0) is 23.6 Å². The number of imide groups is 1. The van der Waals surface area contributed by atoms with Crippen LogP contribution in [0.3, 0.4) is 0 Å². The Kier molecular flexibility index (Phi) is 5.25. The number of rotatable bonds is 7. The molecule has 130 valence electrons. The van der Waals surface area contributed by atoms with E-state index in [0.717, 1.165) is 9.78 Å². The van der Waals surface area contributed by atoms with Gasteiger partial charge in [0.15, 0.2) is 0 Å². The second-order valence-corrected chi connectivity index (χ2v) is 6.66. The second-order valence-electron chi connectivity index (χ2n) is 5.63. The van der Waals surface area contributed by atoms with Gasteiger partial charge in [-0.15, -0.1) is 11.3 Å². The summed E-state index contributed by atoms with van der Waals surface area (Å²) in [6, 6.07) is 10.5. The first-order chi connectivity index (χ1) is 12.1. The molecule has 0 radical (unpaired) electrons. The van der Waals surface area contributed by atoms with Gasteiger partial charge in [0.05, 0.1) is 24.3 Å². The van der Waals surface area contributed by atoms with Gasteiger partial charge in [0.25, 0.3) is 11.8 Å². The fourth-order valence-corrected chi connectivity index (χ4v) is 3.42. The lowest BCUT2D eigenvalue weighted by atomic mass is 10.1. The van der Waals surface area contributed by atoms with Gasteiger partial charge in [0.1, 0.15) is 6.54 Å². The van der Waals surface area contributed by atoms with Crippen molar-refractivity contribution in [2.75, 3.05) is 26.8 Å². The minimum absolute atomic E-state index is 0.262. The van der Waals surface area contributed by atoms with Gasteiger partial charge in [-0.25, -0.2) is 0 Å². The molecule has 1 aliphatic rings. The van der Waals surface area contributed by atoms with E-state index in [0.29, 0.717) is 30.8 Å². The number of fused-ring (bicyclic) bond motifs is 1. The quantitative estimate of drug-likeness (QED) is 0.710. The fourth-order valence-electron chi connectivity index (χ4n) is 2.70. The summed E-state index contributed by atoms with van der Waals surface area (Å²) in [5.41, 5.74) is 0.698. The average Bonchev–Trinajstić information content (AvgIpc) is 3.22. The Bertz CT molecular complexity index is 753. The molecule has 6 nitrogen and oxygen atoms in total. The maximum absolute atomic E-state index is 12.7. The average molecular weight is 358 g/mol. The van der Waals surface area contributed by atoms with Gasteiger partial charge >= 0.3 is 0 Å². The van der Waals surface area contributed by atoms with E-state index in [9.17, 15) is 14.4 Å². The number of methoxy groups -OCH3 is 1. The van der Waals surface area contributed by atoms with Gasteiger partial charge < -0.3 is 9.64 Å². The Hall–Kier alpha value is -2.51. The zero-order valence-corrected chi connectivity index (χ0v) is 14.6. The van der Waals surface area contributed by atoms with Crippen LogP contribution in [-0.2, 0) is 16.1 Å². The Morgan fingerprint density at radius 3 is 2.36 bits per heavy atom. The molecule has 1 aromatic heterocycles. The molecular formula is C18H18N2O4S. The van der Waals surface area contributed by atoms with Crippen LogP contribution in [0.1, 0.15) is 25.6 Å². The van der Waals surface area contributed by atoms with Crippen molar-refractivity contribution in [3.05, 3.63) is 57.8 Å². The van der Waals surface area contributed by atoms with E-state index >= 15 is 0 Å². The van der Waals surface area contributed by atoms with E-state index in [1.807, 2.05) is 17.5 Å². The molecule has 3 rings (SSSR count). The molecule has 0 fully saturated rings. The molecule has 2 aromatic rings. The standard InChI is InChI=1S/C18H18N2O4S/c1-24-9-8-19(11-13-5-4-10-25-13)16(21)12-20-17(22)14-6-2-3-7-15(14)18(20)23/h2-7,10H,8-9,11-12H2,1H3. The van der Waals surface area contributed by atoms with Crippen LogP contribution in [0.25, 0.3) is 0 Å². The largest absolute Gasteiger partial charge is 0.383 e. The SMILES string of the molecule is COCCN(Cc1cccs1)C(=O)CN1C(=O)c2ccccc2C1=O. The fraction of sp³-hybridized carbons (Fsp3) is 0.278. The summed E-state index contributed by atoms with van der Waals surface area (Å²) in [6.07, 6.45) is 0. The van der Waals surface area contributed by atoms with Crippen molar-refractivity contribution >= 4 is 29.1 Å². The lowest BCUT2D eigenvalue weighted by molar-refractivity contribution is -0.132. The molecule has 0 saturated carbocycles. The number of benzene rings is 1. The molecule has 0 spiro atoms. The van der Waals surface area contributed by atoms with Crippen molar-refractivity contribution in [3.63, 3.8) is 0 Å². The predicted molar refractivity (Wildman–Crippen MR) is 93.4 cm³/mol. The highest BCUT2D eigenvalue weighted by atomic mass is 32.1. The van der Waals surface area contributed by atoms with Crippen molar-refractivity contribution < 1.29 is 19.1 Å². The number of ether oxygens (including phenoxy) is 1. The van der Waals surface area contributed by atoms with Crippen molar-refractivity contribution in [2.45, 2.75) is 6.54 Å². The lowest BCUT2D eigenvalue weighted by Gasteiger charge is -2.24. The Morgan fingerprint density at radius 2 is 1.80 bits per heavy atom. The summed E-state index contributed by atoms with van der Waals surface area (Å²) in [5.74, 6) is -1.12. The summed E-state index contributed by atoms with van der Waals surface area (Å²) >= 11 is 1.55. The molecule has 0 N–H and O–H groups in total. The third-order valence-corrected chi connectivity index (χ3v) is 4.88. The lowest BCUT2D eigenvalue weighted by Crippen LogP contribution is -2.43. The van der Waals surface area contributed by atoms with Gasteiger partial charge in [-0.2, -0.15) is 0 Å². The monoisotopic (exact) mass is 358 g/mol. The van der Waals surface area contributed by atoms with Crippen molar-refractivity contribution in [2.24, 2.45) is 0 Å². The third kappa shape index (κ3) is 3.62. The van der Waals surface area contributed by atoms with Crippen LogP contribution in [0.5, 0.6) is 0 Å². The Balaban J connectivity index is 1.73. The molecule has 0 aliphatic carbocycles. The molecule has 0 saturated heterocycles. The second kappa shape index (κ2) is 7.58. The summed E-state index contributed by atoms with van der Waals surface area (Å²) in [4.78, 5) is 41.2. The normalized spacial score (nSPS) is 13.2. The topological polar surface area (TPSA) is 66.9 Å². The number of hydrogen-bond donors (Lipinski definition) is 0. The predicted octanol–water partition coefficient (Wildman–Crippen LogP) is 2.02. The number of amides is 3. The highest BCUT2D eigenvalue weighted by Crippen LogP contribution is 2.22. The minimum atomic E-state index is -0.420. The molecular weight excluding hydrogens is 340 g/mol. The molecule has 3 amide bonds. The molecule has 0 bridgehead atoms. The highest BCUT2D eigenvalue weighted by molar-refractivity contribution is 7.09. The summed E-state index contributed by atoms with van der Waals surface area (Å²) in [5, 5.41) is 1.94. The first kappa shape index (κ1) is 17.3. The third-order valence-electron chi connectivity index (χ3n) is 4.02. The van der Waals surface area contributed by atoms with Gasteiger partial charge in [-0.3, -0.25) is 19.3 Å². The number of nitrogens with zero attached hydrogens (tertiary/aromatic N) is 2. The van der Waals surface area contributed by atoms with Crippen molar-refractivity contribution in [3.8, 4) is 0 Å². The highest BCUT2D eigenvalue weighted by Gasteiger charge is 2.37. The van der Waals surface area contributed by atoms with Crippen LogP contribution in [-0.4, -0.2) is 54.3 Å². The van der Waals surface area contributed by atoms with Gasteiger partial charge in [0, 0.05) is 18.5 Å². The van der Waals surface area contributed by atoms with Crippen molar-refractivity contribution in [1.82, 2.24) is 9.80 Å². The first-order valence-electron chi connectivity index (χ1n) is 7.86. The molecule has 2 heterocycles. The van der Waals surface area contributed by atoms with Crippen molar-refractivity contribution in [1.29, 1.82) is 0 Å². The number of carbonyl (C=O) groups excluding carboxylic acids is 3. The molecule has 25 heavy (non-hydrogen) atoms. The van der Waals surface area contributed by atoms with Crippen LogP contribution in [0.4, 0.5) is 0 Å². The number of thiophene rings is 1. The van der Waals surface area contributed by atoms with E-state index in [-0.39, 0.29) is 12.5 Å². The maximum Gasteiger partial charge on any atom is 0.262 e. The first-order valence-corrected chi connectivity index (χ1v) is 8.74. The van der Waals surface area contributed by atoms with Crippen LogP contribution in [0, 0.1) is 0 Å². The van der Waals surface area contributed by atoms with Crippen LogP contribution >= 0.6 is 11.3 Å². The van der Waals surface area contributed by atoms with Crippen LogP contribution in [0.15, 0.2) is 41.8 Å². The summed E-state index contributed by atoms with van der Waals surface area (Å²) in [6.45, 7) is 0.958. The van der Waals surface area contributed by atoms with Crippen LogP contribution < -0.4 is 0 Å². The maximum atomic E-state index is 12.7. The zero-order chi connectivity index (χ0) is 17.8.